The Morgan fingerprint density at radius 3 is 2.67 bits per heavy atom. The van der Waals surface area contributed by atoms with Crippen LogP contribution in [0.3, 0.4) is 0 Å². The van der Waals surface area contributed by atoms with Crippen LogP contribution in [0.25, 0.3) is 0 Å². The van der Waals surface area contributed by atoms with E-state index in [1.54, 1.807) is 25.2 Å². The molecule has 0 aliphatic heterocycles. The van der Waals surface area contributed by atoms with Crippen LogP contribution in [0.4, 0.5) is 5.69 Å². The van der Waals surface area contributed by atoms with Crippen LogP contribution in [-0.4, -0.2) is 19.5 Å². The molecule has 3 nitrogen and oxygen atoms in total. The zero-order chi connectivity index (χ0) is 11.3. The van der Waals surface area contributed by atoms with Crippen molar-refractivity contribution in [3.63, 3.8) is 0 Å². The molecule has 1 aromatic rings. The number of anilines is 1. The highest BCUT2D eigenvalue weighted by atomic mass is 35.5. The van der Waals surface area contributed by atoms with Crippen molar-refractivity contribution in [2.75, 3.05) is 18.9 Å². The number of amides is 1. The minimum Gasteiger partial charge on any atom is -0.326 e. The van der Waals surface area contributed by atoms with Gasteiger partial charge in [-0.05, 0) is 25.2 Å². The van der Waals surface area contributed by atoms with Gasteiger partial charge in [-0.25, -0.2) is 0 Å². The highest BCUT2D eigenvalue weighted by Crippen LogP contribution is 2.24. The third kappa shape index (κ3) is 4.08. The lowest BCUT2D eigenvalue weighted by Gasteiger charge is -2.05. The van der Waals surface area contributed by atoms with Gasteiger partial charge >= 0.3 is 0 Å². The van der Waals surface area contributed by atoms with E-state index in [1.807, 2.05) is 0 Å². The lowest BCUT2D eigenvalue weighted by molar-refractivity contribution is -0.116. The second-order valence-corrected chi connectivity index (χ2v) is 3.85. The minimum absolute atomic E-state index is 0.0530. The molecule has 0 bridgehead atoms. The van der Waals surface area contributed by atoms with E-state index in [-0.39, 0.29) is 5.91 Å². The van der Waals surface area contributed by atoms with Crippen molar-refractivity contribution in [1.82, 2.24) is 5.32 Å². The topological polar surface area (TPSA) is 41.1 Å². The second kappa shape index (κ2) is 5.95. The Hall–Kier alpha value is -0.770. The van der Waals surface area contributed by atoms with Crippen molar-refractivity contribution in [1.29, 1.82) is 0 Å². The average molecular weight is 247 g/mol. The van der Waals surface area contributed by atoms with Gasteiger partial charge in [0.05, 0.1) is 10.0 Å². The normalized spacial score (nSPS) is 10.1. The molecule has 5 heteroatoms. The quantitative estimate of drug-likeness (QED) is 0.858. The number of halogens is 2. The summed E-state index contributed by atoms with van der Waals surface area (Å²) >= 11 is 11.6. The minimum atomic E-state index is -0.0530. The molecule has 1 amide bonds. The number of carbonyl (C=O) groups is 1. The maximum Gasteiger partial charge on any atom is 0.225 e. The molecule has 1 aromatic carbocycles. The van der Waals surface area contributed by atoms with Gasteiger partial charge in [-0.2, -0.15) is 0 Å². The van der Waals surface area contributed by atoms with E-state index in [4.69, 9.17) is 23.2 Å². The second-order valence-electron chi connectivity index (χ2n) is 3.03. The summed E-state index contributed by atoms with van der Waals surface area (Å²) in [5.41, 5.74) is 0.658. The summed E-state index contributed by atoms with van der Waals surface area (Å²) in [6, 6.07) is 4.99. The van der Waals surface area contributed by atoms with E-state index < -0.39 is 0 Å². The summed E-state index contributed by atoms with van der Waals surface area (Å²) in [4.78, 5) is 11.3. The van der Waals surface area contributed by atoms with E-state index in [0.29, 0.717) is 28.7 Å². The van der Waals surface area contributed by atoms with Crippen LogP contribution in [0, 0.1) is 0 Å². The van der Waals surface area contributed by atoms with Gasteiger partial charge in [0.15, 0.2) is 0 Å². The number of rotatable bonds is 4. The van der Waals surface area contributed by atoms with Gasteiger partial charge in [0, 0.05) is 18.7 Å². The summed E-state index contributed by atoms with van der Waals surface area (Å²) in [6.45, 7) is 0.646. The van der Waals surface area contributed by atoms with Gasteiger partial charge in [0.1, 0.15) is 0 Å². The van der Waals surface area contributed by atoms with Gasteiger partial charge in [-0.1, -0.05) is 23.2 Å². The third-order valence-corrected chi connectivity index (χ3v) is 2.54. The fraction of sp³-hybridized carbons (Fsp3) is 0.300. The molecule has 1 rings (SSSR count). The highest BCUT2D eigenvalue weighted by molar-refractivity contribution is 6.42. The average Bonchev–Trinajstić information content (AvgIpc) is 2.20. The number of nitrogens with one attached hydrogen (secondary N) is 2. The van der Waals surface area contributed by atoms with Crippen molar-refractivity contribution in [2.45, 2.75) is 6.42 Å². The summed E-state index contributed by atoms with van der Waals surface area (Å²) in [5, 5.41) is 6.53. The van der Waals surface area contributed by atoms with Crippen LogP contribution in [0.15, 0.2) is 18.2 Å². The molecule has 0 saturated carbocycles. The lowest BCUT2D eigenvalue weighted by atomic mass is 10.3. The van der Waals surface area contributed by atoms with Gasteiger partial charge in [0.25, 0.3) is 0 Å². The molecule has 0 fully saturated rings. The molecular weight excluding hydrogens is 235 g/mol. The van der Waals surface area contributed by atoms with Crippen molar-refractivity contribution in [3.05, 3.63) is 28.2 Å². The fourth-order valence-corrected chi connectivity index (χ4v) is 1.33. The Kier molecular flexibility index (Phi) is 4.88. The molecule has 0 aliphatic rings. The zero-order valence-corrected chi connectivity index (χ0v) is 9.82. The van der Waals surface area contributed by atoms with Crippen LogP contribution >= 0.6 is 23.2 Å². The smallest absolute Gasteiger partial charge is 0.225 e. The van der Waals surface area contributed by atoms with Crippen molar-refractivity contribution in [3.8, 4) is 0 Å². The first-order valence-corrected chi connectivity index (χ1v) is 5.28. The SMILES string of the molecule is CNCCC(=O)Nc1ccc(Cl)c(Cl)c1. The predicted molar refractivity (Wildman–Crippen MR) is 63.6 cm³/mol. The summed E-state index contributed by atoms with van der Waals surface area (Å²) < 4.78 is 0. The van der Waals surface area contributed by atoms with Gasteiger partial charge in [-0.3, -0.25) is 4.79 Å². The zero-order valence-electron chi connectivity index (χ0n) is 8.31. The Morgan fingerprint density at radius 1 is 1.33 bits per heavy atom. The molecule has 0 spiro atoms. The Labute approximate surface area is 98.8 Å². The van der Waals surface area contributed by atoms with E-state index in [2.05, 4.69) is 10.6 Å². The van der Waals surface area contributed by atoms with Crippen LogP contribution in [-0.2, 0) is 4.79 Å². The molecule has 0 radical (unpaired) electrons. The van der Waals surface area contributed by atoms with E-state index >= 15 is 0 Å². The number of hydrogen-bond acceptors (Lipinski definition) is 2. The molecule has 15 heavy (non-hydrogen) atoms. The first-order chi connectivity index (χ1) is 7.13. The van der Waals surface area contributed by atoms with Crippen molar-refractivity contribution in [2.24, 2.45) is 0 Å². The standard InChI is InChI=1S/C10H12Cl2N2O/c1-13-5-4-10(15)14-7-2-3-8(11)9(12)6-7/h2-3,6,13H,4-5H2,1H3,(H,14,15). The number of benzene rings is 1. The monoisotopic (exact) mass is 246 g/mol. The number of carbonyl (C=O) groups excluding carboxylic acids is 1. The molecule has 2 N–H and O–H groups in total. The van der Waals surface area contributed by atoms with Crippen LogP contribution in [0.1, 0.15) is 6.42 Å². The van der Waals surface area contributed by atoms with Crippen LogP contribution < -0.4 is 10.6 Å². The van der Waals surface area contributed by atoms with Gasteiger partial charge < -0.3 is 10.6 Å². The molecular formula is C10H12Cl2N2O. The van der Waals surface area contributed by atoms with Crippen LogP contribution in [0.5, 0.6) is 0 Å². The van der Waals surface area contributed by atoms with E-state index in [0.717, 1.165) is 0 Å². The molecule has 0 heterocycles. The van der Waals surface area contributed by atoms with E-state index in [9.17, 15) is 4.79 Å². The Morgan fingerprint density at radius 2 is 2.07 bits per heavy atom. The van der Waals surface area contributed by atoms with Crippen molar-refractivity contribution >= 4 is 34.8 Å². The first-order valence-electron chi connectivity index (χ1n) is 4.53. The van der Waals surface area contributed by atoms with Gasteiger partial charge in [-0.15, -0.1) is 0 Å². The summed E-state index contributed by atoms with van der Waals surface area (Å²) in [5.74, 6) is -0.0530. The molecule has 0 atom stereocenters. The summed E-state index contributed by atoms with van der Waals surface area (Å²) in [6.07, 6.45) is 0.427. The third-order valence-electron chi connectivity index (χ3n) is 1.81. The van der Waals surface area contributed by atoms with Gasteiger partial charge in [0.2, 0.25) is 5.91 Å². The maximum absolute atomic E-state index is 11.3. The first kappa shape index (κ1) is 12.3. The van der Waals surface area contributed by atoms with E-state index in [1.165, 1.54) is 0 Å². The van der Waals surface area contributed by atoms with Crippen LogP contribution in [0.2, 0.25) is 10.0 Å². The largest absolute Gasteiger partial charge is 0.326 e. The molecule has 0 unspecified atom stereocenters. The fourth-order valence-electron chi connectivity index (χ4n) is 1.04. The van der Waals surface area contributed by atoms with Crippen molar-refractivity contribution < 1.29 is 4.79 Å². The summed E-state index contributed by atoms with van der Waals surface area (Å²) in [7, 11) is 1.80. The Bertz CT molecular complexity index is 355. The number of hydrogen-bond donors (Lipinski definition) is 2. The lowest BCUT2D eigenvalue weighted by Crippen LogP contribution is -2.18. The molecule has 0 aromatic heterocycles. The molecule has 0 saturated heterocycles. The maximum atomic E-state index is 11.3. The Balaban J connectivity index is 2.57. The highest BCUT2D eigenvalue weighted by Gasteiger charge is 2.03. The molecule has 82 valence electrons. The predicted octanol–water partition coefficient (Wildman–Crippen LogP) is 2.54. The molecule has 0 aliphatic carbocycles.